The van der Waals surface area contributed by atoms with Gasteiger partial charge in [-0.25, -0.2) is 0 Å². The molecule has 0 spiro atoms. The fourth-order valence-electron chi connectivity index (χ4n) is 1.65. The molecule has 88 valence electrons. The predicted octanol–water partition coefficient (Wildman–Crippen LogP) is 5.22. The van der Waals surface area contributed by atoms with Gasteiger partial charge in [-0.3, -0.25) is 0 Å². The Morgan fingerprint density at radius 2 is 1.81 bits per heavy atom. The van der Waals surface area contributed by atoms with Crippen LogP contribution in [-0.4, -0.2) is 0 Å². The molecule has 16 heavy (non-hydrogen) atoms. The third kappa shape index (κ3) is 3.38. The monoisotopic (exact) mass is 236 g/mol. The fourth-order valence-corrected chi connectivity index (χ4v) is 1.78. The lowest BCUT2D eigenvalue weighted by molar-refractivity contribution is 0.567. The van der Waals surface area contributed by atoms with Gasteiger partial charge in [0.25, 0.3) is 0 Å². The van der Waals surface area contributed by atoms with Crippen molar-refractivity contribution in [2.45, 2.75) is 39.5 Å². The first-order chi connectivity index (χ1) is 7.48. The van der Waals surface area contributed by atoms with Crippen LogP contribution in [0, 0.1) is 5.92 Å². The third-order valence-corrected chi connectivity index (χ3v) is 3.34. The molecule has 1 rings (SSSR count). The van der Waals surface area contributed by atoms with Crippen molar-refractivity contribution in [1.29, 1.82) is 0 Å². The molecule has 1 unspecified atom stereocenters. The maximum atomic E-state index is 5.91. The molecule has 1 heteroatoms. The molecule has 0 nitrogen and oxygen atoms in total. The second-order valence-corrected chi connectivity index (χ2v) is 5.32. The zero-order chi connectivity index (χ0) is 12.2. The van der Waals surface area contributed by atoms with Gasteiger partial charge in [-0.1, -0.05) is 63.6 Å². The predicted molar refractivity (Wildman–Crippen MR) is 73.1 cm³/mol. The topological polar surface area (TPSA) is 0 Å². The van der Waals surface area contributed by atoms with Crippen LogP contribution in [0.1, 0.15) is 39.7 Å². The Kier molecular flexibility index (Phi) is 4.61. The Morgan fingerprint density at radius 3 is 2.25 bits per heavy atom. The molecule has 0 N–H and O–H groups in total. The van der Waals surface area contributed by atoms with Gasteiger partial charge in [-0.05, 0) is 30.0 Å². The molecule has 0 aliphatic heterocycles. The quantitative estimate of drug-likeness (QED) is 0.629. The van der Waals surface area contributed by atoms with Crippen LogP contribution < -0.4 is 0 Å². The first-order valence-electron chi connectivity index (χ1n) is 5.93. The summed E-state index contributed by atoms with van der Waals surface area (Å²) in [5, 5.41) is 0.801. The number of halogens is 1. The molecule has 0 aliphatic rings. The summed E-state index contributed by atoms with van der Waals surface area (Å²) in [5.41, 5.74) is 1.45. The van der Waals surface area contributed by atoms with Crippen molar-refractivity contribution in [3.05, 3.63) is 47.0 Å². The molecule has 0 bridgehead atoms. The van der Waals surface area contributed by atoms with Crippen molar-refractivity contribution in [2.24, 2.45) is 5.92 Å². The molecule has 1 aromatic rings. The van der Waals surface area contributed by atoms with Crippen molar-refractivity contribution in [3.8, 4) is 0 Å². The number of rotatable bonds is 4. The minimum absolute atomic E-state index is 0.120. The fraction of sp³-hybridized carbons (Fsp3) is 0.467. The molecule has 0 heterocycles. The Morgan fingerprint density at radius 1 is 1.25 bits per heavy atom. The average Bonchev–Trinajstić information content (AvgIpc) is 2.27. The van der Waals surface area contributed by atoms with Gasteiger partial charge in [0.1, 0.15) is 0 Å². The summed E-state index contributed by atoms with van der Waals surface area (Å²) in [6.07, 6.45) is 5.69. The van der Waals surface area contributed by atoms with E-state index in [4.69, 9.17) is 11.6 Å². The lowest BCUT2D eigenvalue weighted by atomic mass is 9.79. The Balaban J connectivity index is 3.00. The zero-order valence-corrected chi connectivity index (χ0v) is 11.4. The van der Waals surface area contributed by atoms with Crippen LogP contribution in [0.15, 0.2) is 36.4 Å². The Hall–Kier alpha value is -0.750. The van der Waals surface area contributed by atoms with Crippen LogP contribution in [0.3, 0.4) is 0 Å². The highest BCUT2D eigenvalue weighted by atomic mass is 35.5. The van der Waals surface area contributed by atoms with Crippen LogP contribution >= 0.6 is 11.6 Å². The largest absolute Gasteiger partial charge is 0.0851 e. The molecule has 0 radical (unpaired) electrons. The summed E-state index contributed by atoms with van der Waals surface area (Å²) in [4.78, 5) is 0. The summed E-state index contributed by atoms with van der Waals surface area (Å²) in [5.74, 6) is 0.596. The molecule has 0 aliphatic carbocycles. The van der Waals surface area contributed by atoms with Gasteiger partial charge in [0.05, 0.1) is 0 Å². The van der Waals surface area contributed by atoms with Gasteiger partial charge in [0.15, 0.2) is 0 Å². The van der Waals surface area contributed by atoms with Crippen molar-refractivity contribution >= 4 is 11.6 Å². The van der Waals surface area contributed by atoms with E-state index in [1.165, 1.54) is 5.56 Å². The first kappa shape index (κ1) is 13.3. The molecule has 0 fully saturated rings. The van der Waals surface area contributed by atoms with Crippen LogP contribution in [0.4, 0.5) is 0 Å². The van der Waals surface area contributed by atoms with E-state index >= 15 is 0 Å². The maximum Gasteiger partial charge on any atom is 0.0406 e. The smallest absolute Gasteiger partial charge is 0.0406 e. The molecule has 1 atom stereocenters. The lowest BCUT2D eigenvalue weighted by Gasteiger charge is -2.25. The Labute approximate surface area is 104 Å². The highest BCUT2D eigenvalue weighted by Gasteiger charge is 2.20. The normalized spacial score (nSPS) is 15.6. The van der Waals surface area contributed by atoms with E-state index in [1.54, 1.807) is 0 Å². The minimum atomic E-state index is 0.120. The van der Waals surface area contributed by atoms with Crippen LogP contribution in [-0.2, 0) is 5.41 Å². The molecule has 0 saturated carbocycles. The summed E-state index contributed by atoms with van der Waals surface area (Å²) < 4.78 is 0. The molecule has 0 aromatic heterocycles. The van der Waals surface area contributed by atoms with Gasteiger partial charge in [-0.15, -0.1) is 0 Å². The molecular weight excluding hydrogens is 216 g/mol. The summed E-state index contributed by atoms with van der Waals surface area (Å²) in [6, 6.07) is 8.18. The van der Waals surface area contributed by atoms with Gasteiger partial charge >= 0.3 is 0 Å². The second kappa shape index (κ2) is 5.54. The summed E-state index contributed by atoms with van der Waals surface area (Å²) in [7, 11) is 0. The summed E-state index contributed by atoms with van der Waals surface area (Å²) >= 11 is 5.91. The van der Waals surface area contributed by atoms with Gasteiger partial charge in [0, 0.05) is 10.4 Å². The van der Waals surface area contributed by atoms with Gasteiger partial charge in [0.2, 0.25) is 0 Å². The minimum Gasteiger partial charge on any atom is -0.0851 e. The van der Waals surface area contributed by atoms with E-state index in [0.29, 0.717) is 5.92 Å². The molecular formula is C15H21Cl. The number of benzene rings is 1. The molecule has 1 aromatic carbocycles. The van der Waals surface area contributed by atoms with Crippen molar-refractivity contribution in [2.75, 3.05) is 0 Å². The lowest BCUT2D eigenvalue weighted by Crippen LogP contribution is -2.17. The van der Waals surface area contributed by atoms with Crippen LogP contribution in [0.2, 0.25) is 5.02 Å². The Bertz CT molecular complexity index is 348. The number of hydrogen-bond donors (Lipinski definition) is 0. The number of allylic oxidation sites excluding steroid dienone is 2. The van der Waals surface area contributed by atoms with E-state index in [9.17, 15) is 0 Å². The standard InChI is InChI=1S/C15H21Cl/c1-5-15(4,11-10-12(2)3)13-6-8-14(16)9-7-13/h6-12H,5H2,1-4H3/b11-10+. The van der Waals surface area contributed by atoms with Crippen LogP contribution in [0.5, 0.6) is 0 Å². The second-order valence-electron chi connectivity index (χ2n) is 4.88. The van der Waals surface area contributed by atoms with Crippen molar-refractivity contribution in [3.63, 3.8) is 0 Å². The number of hydrogen-bond acceptors (Lipinski definition) is 0. The van der Waals surface area contributed by atoms with E-state index in [1.807, 2.05) is 12.1 Å². The van der Waals surface area contributed by atoms with Gasteiger partial charge in [-0.2, -0.15) is 0 Å². The van der Waals surface area contributed by atoms with E-state index in [2.05, 4.69) is 52.0 Å². The van der Waals surface area contributed by atoms with E-state index in [0.717, 1.165) is 11.4 Å². The van der Waals surface area contributed by atoms with E-state index < -0.39 is 0 Å². The van der Waals surface area contributed by atoms with Crippen LogP contribution in [0.25, 0.3) is 0 Å². The highest BCUT2D eigenvalue weighted by Crippen LogP contribution is 2.30. The van der Waals surface area contributed by atoms with Crippen molar-refractivity contribution in [1.82, 2.24) is 0 Å². The third-order valence-electron chi connectivity index (χ3n) is 3.09. The molecule has 0 amide bonds. The SMILES string of the molecule is CCC(C)(/C=C/C(C)C)c1ccc(Cl)cc1. The van der Waals surface area contributed by atoms with Crippen molar-refractivity contribution < 1.29 is 0 Å². The molecule has 0 saturated heterocycles. The average molecular weight is 237 g/mol. The maximum absolute atomic E-state index is 5.91. The zero-order valence-electron chi connectivity index (χ0n) is 10.6. The van der Waals surface area contributed by atoms with E-state index in [-0.39, 0.29) is 5.41 Å². The highest BCUT2D eigenvalue weighted by molar-refractivity contribution is 6.30. The summed E-state index contributed by atoms with van der Waals surface area (Å²) in [6.45, 7) is 8.90. The van der Waals surface area contributed by atoms with Gasteiger partial charge < -0.3 is 0 Å². The first-order valence-corrected chi connectivity index (χ1v) is 6.31.